The minimum Gasteiger partial charge on any atom is -0.287 e. The number of carbonyl (C=O) groups excluding carboxylic acids is 1. The van der Waals surface area contributed by atoms with E-state index in [-0.39, 0.29) is 11.3 Å². The zero-order valence-electron chi connectivity index (χ0n) is 17.7. The standard InChI is InChI=1S/C21H17ClF3N5O3S/c1-10-8-27-18(19(31)13-5-6-26-20-14(13)9-28-29-20)17(11(10)2)30-34(32,33)12-3-4-16(22)15(7-12)21(23,24)25/h3-9,11,17,30H,1-2H3,(H,26,28,29). The number of Topliss-reactive ketones (excluding diaryl/α,β-unsaturated/α-hetero) is 1. The largest absolute Gasteiger partial charge is 0.417 e. The van der Waals surface area contributed by atoms with Crippen LogP contribution >= 0.6 is 11.6 Å². The number of H-pyrrole nitrogens is 1. The lowest BCUT2D eigenvalue weighted by Crippen LogP contribution is -2.49. The molecule has 34 heavy (non-hydrogen) atoms. The van der Waals surface area contributed by atoms with Gasteiger partial charge in [0, 0.05) is 29.3 Å². The average Bonchev–Trinajstić information content (AvgIpc) is 3.25. The van der Waals surface area contributed by atoms with Gasteiger partial charge in [-0.25, -0.2) is 18.1 Å². The molecule has 0 amide bonds. The number of aromatic nitrogens is 3. The number of carbonyl (C=O) groups is 1. The van der Waals surface area contributed by atoms with Gasteiger partial charge in [-0.3, -0.25) is 14.9 Å². The van der Waals surface area contributed by atoms with Crippen LogP contribution < -0.4 is 4.72 Å². The highest BCUT2D eigenvalue weighted by atomic mass is 35.5. The second-order valence-corrected chi connectivity index (χ2v) is 9.86. The van der Waals surface area contributed by atoms with E-state index in [1.165, 1.54) is 24.7 Å². The molecule has 0 fully saturated rings. The zero-order chi connectivity index (χ0) is 24.8. The molecule has 2 atom stereocenters. The van der Waals surface area contributed by atoms with E-state index >= 15 is 0 Å². The Labute approximate surface area is 197 Å². The van der Waals surface area contributed by atoms with Crippen LogP contribution in [0.4, 0.5) is 13.2 Å². The molecule has 8 nitrogen and oxygen atoms in total. The average molecular weight is 512 g/mol. The molecule has 1 aromatic carbocycles. The summed E-state index contributed by atoms with van der Waals surface area (Å²) in [6.45, 7) is 3.39. The minimum absolute atomic E-state index is 0.111. The number of alkyl halides is 3. The number of aliphatic imine (C=N–C) groups is 1. The highest BCUT2D eigenvalue weighted by Gasteiger charge is 2.38. The molecule has 3 aromatic rings. The Balaban J connectivity index is 1.74. The van der Waals surface area contributed by atoms with Gasteiger partial charge in [-0.2, -0.15) is 18.3 Å². The Morgan fingerprint density at radius 1 is 1.24 bits per heavy atom. The van der Waals surface area contributed by atoms with E-state index in [0.29, 0.717) is 22.7 Å². The fourth-order valence-corrected chi connectivity index (χ4v) is 5.07. The molecule has 0 saturated heterocycles. The smallest absolute Gasteiger partial charge is 0.287 e. The Hall–Kier alpha value is -3.09. The number of benzene rings is 1. The van der Waals surface area contributed by atoms with E-state index in [1.807, 2.05) is 0 Å². The number of nitrogens with one attached hydrogen (secondary N) is 2. The number of fused-ring (bicyclic) bond motifs is 1. The Kier molecular flexibility index (Phi) is 6.08. The Bertz CT molecular complexity index is 1460. The molecule has 3 heterocycles. The van der Waals surface area contributed by atoms with Crippen molar-refractivity contribution in [1.29, 1.82) is 0 Å². The van der Waals surface area contributed by atoms with Crippen LogP contribution in [0.3, 0.4) is 0 Å². The van der Waals surface area contributed by atoms with Crippen molar-refractivity contribution in [2.75, 3.05) is 0 Å². The van der Waals surface area contributed by atoms with Gasteiger partial charge in [-0.15, -0.1) is 0 Å². The van der Waals surface area contributed by atoms with Crippen LogP contribution in [0.5, 0.6) is 0 Å². The van der Waals surface area contributed by atoms with E-state index in [1.54, 1.807) is 13.8 Å². The monoisotopic (exact) mass is 511 g/mol. The van der Waals surface area contributed by atoms with Crippen molar-refractivity contribution in [2.45, 2.75) is 31.0 Å². The van der Waals surface area contributed by atoms with Gasteiger partial charge < -0.3 is 0 Å². The van der Waals surface area contributed by atoms with Crippen LogP contribution in [0.15, 0.2) is 58.3 Å². The normalized spacial score (nSPS) is 19.1. The van der Waals surface area contributed by atoms with Gasteiger partial charge in [0.1, 0.15) is 5.71 Å². The highest BCUT2D eigenvalue weighted by Crippen LogP contribution is 2.36. The van der Waals surface area contributed by atoms with Crippen LogP contribution in [-0.4, -0.2) is 41.1 Å². The lowest BCUT2D eigenvalue weighted by atomic mass is 9.86. The Morgan fingerprint density at radius 3 is 2.68 bits per heavy atom. The van der Waals surface area contributed by atoms with Crippen LogP contribution in [-0.2, 0) is 16.2 Å². The maximum Gasteiger partial charge on any atom is 0.417 e. The van der Waals surface area contributed by atoms with Gasteiger partial charge in [0.2, 0.25) is 15.8 Å². The number of aromatic amines is 1. The van der Waals surface area contributed by atoms with E-state index in [0.717, 1.165) is 12.1 Å². The van der Waals surface area contributed by atoms with Gasteiger partial charge >= 0.3 is 6.18 Å². The minimum atomic E-state index is -4.85. The van der Waals surface area contributed by atoms with Crippen LogP contribution in [0.2, 0.25) is 5.02 Å². The quantitative estimate of drug-likeness (QED) is 0.499. The summed E-state index contributed by atoms with van der Waals surface area (Å²) < 4.78 is 68.3. The molecule has 1 aliphatic heterocycles. The maximum atomic E-state index is 13.4. The third-order valence-electron chi connectivity index (χ3n) is 5.59. The molecular formula is C21H17ClF3N5O3S. The summed E-state index contributed by atoms with van der Waals surface area (Å²) in [7, 11) is -4.50. The molecule has 2 unspecified atom stereocenters. The van der Waals surface area contributed by atoms with Crippen LogP contribution in [0, 0.1) is 5.92 Å². The Morgan fingerprint density at radius 2 is 1.97 bits per heavy atom. The van der Waals surface area contributed by atoms with Crippen molar-refractivity contribution in [3.8, 4) is 0 Å². The number of hydrogen-bond acceptors (Lipinski definition) is 6. The fourth-order valence-electron chi connectivity index (χ4n) is 3.54. The first-order chi connectivity index (χ1) is 15.9. The van der Waals surface area contributed by atoms with Gasteiger partial charge in [-0.05, 0) is 31.2 Å². The molecule has 0 saturated carbocycles. The van der Waals surface area contributed by atoms with Gasteiger partial charge in [0.15, 0.2) is 5.65 Å². The van der Waals surface area contributed by atoms with E-state index < -0.39 is 49.4 Å². The number of rotatable bonds is 5. The second-order valence-electron chi connectivity index (χ2n) is 7.73. The van der Waals surface area contributed by atoms with Crippen molar-refractivity contribution in [2.24, 2.45) is 10.9 Å². The molecule has 4 rings (SSSR count). The van der Waals surface area contributed by atoms with Crippen molar-refractivity contribution >= 4 is 44.2 Å². The molecule has 13 heteroatoms. The molecule has 2 N–H and O–H groups in total. The second kappa shape index (κ2) is 8.60. The van der Waals surface area contributed by atoms with Crippen molar-refractivity contribution < 1.29 is 26.4 Å². The van der Waals surface area contributed by atoms with Crippen molar-refractivity contribution in [1.82, 2.24) is 19.9 Å². The SMILES string of the molecule is CC1=CN=C(C(=O)c2ccnc3[nH]ncc23)C(NS(=O)(=O)c2ccc(Cl)c(C(F)(F)F)c2)C1C. The molecule has 0 aliphatic carbocycles. The molecule has 0 bridgehead atoms. The lowest BCUT2D eigenvalue weighted by Gasteiger charge is -2.29. The summed E-state index contributed by atoms with van der Waals surface area (Å²) >= 11 is 5.62. The van der Waals surface area contributed by atoms with Crippen LogP contribution in [0.1, 0.15) is 29.8 Å². The first-order valence-electron chi connectivity index (χ1n) is 9.86. The third kappa shape index (κ3) is 4.36. The summed E-state index contributed by atoms with van der Waals surface area (Å²) in [6.07, 6.45) is -0.581. The van der Waals surface area contributed by atoms with E-state index in [2.05, 4.69) is 24.9 Å². The van der Waals surface area contributed by atoms with Gasteiger partial charge in [-0.1, -0.05) is 24.1 Å². The molecule has 0 spiro atoms. The third-order valence-corrected chi connectivity index (χ3v) is 7.36. The van der Waals surface area contributed by atoms with Crippen LogP contribution in [0.25, 0.3) is 11.0 Å². The first kappa shape index (κ1) is 24.0. The van der Waals surface area contributed by atoms with Gasteiger partial charge in [0.05, 0.1) is 27.7 Å². The number of pyridine rings is 1. The maximum absolute atomic E-state index is 13.4. The van der Waals surface area contributed by atoms with Gasteiger partial charge in [0.25, 0.3) is 0 Å². The zero-order valence-corrected chi connectivity index (χ0v) is 19.3. The first-order valence-corrected chi connectivity index (χ1v) is 11.7. The highest BCUT2D eigenvalue weighted by molar-refractivity contribution is 7.89. The topological polar surface area (TPSA) is 117 Å². The van der Waals surface area contributed by atoms with Crippen molar-refractivity contribution in [3.05, 3.63) is 64.6 Å². The summed E-state index contributed by atoms with van der Waals surface area (Å²) in [5.41, 5.74) is -0.151. The predicted molar refractivity (Wildman–Crippen MR) is 119 cm³/mol. The number of ketones is 1. The van der Waals surface area contributed by atoms with Crippen molar-refractivity contribution in [3.63, 3.8) is 0 Å². The summed E-state index contributed by atoms with van der Waals surface area (Å²) in [6, 6.07) is 2.60. The number of sulfonamides is 1. The predicted octanol–water partition coefficient (Wildman–Crippen LogP) is 4.15. The molecule has 1 aliphatic rings. The summed E-state index contributed by atoms with van der Waals surface area (Å²) in [4.78, 5) is 21.0. The lowest BCUT2D eigenvalue weighted by molar-refractivity contribution is -0.137. The summed E-state index contributed by atoms with van der Waals surface area (Å²) in [5, 5.41) is 6.30. The number of nitrogens with zero attached hydrogens (tertiary/aromatic N) is 3. The summed E-state index contributed by atoms with van der Waals surface area (Å²) in [5.74, 6) is -1.08. The molecule has 0 radical (unpaired) electrons. The fraction of sp³-hybridized carbons (Fsp3) is 0.238. The molecule has 178 valence electrons. The number of hydrogen-bond donors (Lipinski definition) is 2. The number of halogens is 4. The van der Waals surface area contributed by atoms with E-state index in [9.17, 15) is 26.4 Å². The molecule has 2 aromatic heterocycles. The molecular weight excluding hydrogens is 495 g/mol. The van der Waals surface area contributed by atoms with E-state index in [4.69, 9.17) is 11.6 Å².